The average molecular weight is 355 g/mol. The molecule has 5 heterocycles. The summed E-state index contributed by atoms with van der Waals surface area (Å²) >= 11 is 0. The zero-order valence-corrected chi connectivity index (χ0v) is 15.1. The predicted molar refractivity (Wildman–Crippen MR) is 105 cm³/mol. The first-order chi connectivity index (χ1) is 13.4. The molecule has 5 rings (SSSR count). The summed E-state index contributed by atoms with van der Waals surface area (Å²) in [6.07, 6.45) is 13.9. The summed E-state index contributed by atoms with van der Waals surface area (Å²) in [7, 11) is 0. The highest BCUT2D eigenvalue weighted by atomic mass is 15.2. The van der Waals surface area contributed by atoms with Crippen molar-refractivity contribution < 1.29 is 0 Å². The number of aromatic nitrogens is 4. The van der Waals surface area contributed by atoms with Crippen LogP contribution in [0.3, 0.4) is 0 Å². The Bertz CT molecular complexity index is 1040. The third-order valence-corrected chi connectivity index (χ3v) is 5.34. The number of fused-ring (bicyclic) bond motifs is 1. The number of hydrogen-bond acceptors (Lipinski definition) is 4. The Hall–Kier alpha value is -3.05. The van der Waals surface area contributed by atoms with E-state index >= 15 is 0 Å². The molecule has 0 unspecified atom stereocenters. The van der Waals surface area contributed by atoms with Crippen LogP contribution in [-0.2, 0) is 6.54 Å². The topological polar surface area (TPSA) is 46.3 Å². The molecule has 0 radical (unpaired) electrons. The van der Waals surface area contributed by atoms with Gasteiger partial charge < -0.3 is 4.40 Å². The van der Waals surface area contributed by atoms with E-state index in [1.807, 2.05) is 37.1 Å². The molecule has 5 nitrogen and oxygen atoms in total. The first-order valence-corrected chi connectivity index (χ1v) is 9.38. The fraction of sp³-hybridized carbons (Fsp3) is 0.227. The minimum Gasteiger partial charge on any atom is -0.305 e. The molecule has 4 aromatic rings. The lowest BCUT2D eigenvalue weighted by atomic mass is 10.1. The van der Waals surface area contributed by atoms with Crippen molar-refractivity contribution in [3.05, 3.63) is 85.0 Å². The molecule has 1 atom stereocenters. The lowest BCUT2D eigenvalue weighted by Crippen LogP contribution is -2.23. The minimum atomic E-state index is 0.361. The van der Waals surface area contributed by atoms with E-state index in [0.717, 1.165) is 30.6 Å². The number of rotatable bonds is 4. The van der Waals surface area contributed by atoms with Crippen molar-refractivity contribution in [3.63, 3.8) is 0 Å². The molecule has 0 bridgehead atoms. The maximum absolute atomic E-state index is 4.79. The Morgan fingerprint density at radius 1 is 0.963 bits per heavy atom. The van der Waals surface area contributed by atoms with Gasteiger partial charge in [0.05, 0.1) is 23.6 Å². The lowest BCUT2D eigenvalue weighted by molar-refractivity contribution is 0.246. The van der Waals surface area contributed by atoms with Gasteiger partial charge in [-0.1, -0.05) is 18.2 Å². The fourth-order valence-corrected chi connectivity index (χ4v) is 4.03. The monoisotopic (exact) mass is 355 g/mol. The molecule has 0 aliphatic carbocycles. The quantitative estimate of drug-likeness (QED) is 0.552. The fourth-order valence-electron chi connectivity index (χ4n) is 4.03. The highest BCUT2D eigenvalue weighted by molar-refractivity contribution is 5.66. The van der Waals surface area contributed by atoms with Gasteiger partial charge in [0.15, 0.2) is 0 Å². The average Bonchev–Trinajstić information content (AvgIpc) is 3.35. The van der Waals surface area contributed by atoms with Crippen molar-refractivity contribution in [2.45, 2.75) is 25.4 Å². The van der Waals surface area contributed by atoms with Crippen LogP contribution in [0.5, 0.6) is 0 Å². The molecule has 1 fully saturated rings. The maximum Gasteiger partial charge on any atom is 0.0996 e. The summed E-state index contributed by atoms with van der Waals surface area (Å²) in [6, 6.07) is 12.9. The third-order valence-electron chi connectivity index (χ3n) is 5.34. The number of hydrogen-bond donors (Lipinski definition) is 0. The Labute approximate surface area is 158 Å². The van der Waals surface area contributed by atoms with E-state index in [0.29, 0.717) is 6.04 Å². The summed E-state index contributed by atoms with van der Waals surface area (Å²) in [5, 5.41) is 0. The van der Waals surface area contributed by atoms with Gasteiger partial charge in [0.2, 0.25) is 0 Å². The standard InChI is InChI=1S/C22H21N5/c1-4-17(12-23-9-1)14-26-11-3-6-20(26)22-21-8-7-19(15-27(21)16-25-22)18-5-2-10-24-13-18/h1-2,4-5,7-10,12-13,15-16,20H,3,6,11,14H2/t20-/m1/s1. The second-order valence-electron chi connectivity index (χ2n) is 7.07. The zero-order valence-electron chi connectivity index (χ0n) is 15.1. The third kappa shape index (κ3) is 3.11. The Morgan fingerprint density at radius 3 is 2.67 bits per heavy atom. The van der Waals surface area contributed by atoms with Crippen LogP contribution in [0.2, 0.25) is 0 Å². The van der Waals surface area contributed by atoms with Crippen LogP contribution in [0.1, 0.15) is 30.1 Å². The van der Waals surface area contributed by atoms with Crippen LogP contribution >= 0.6 is 0 Å². The number of pyridine rings is 3. The Kier molecular flexibility index (Phi) is 4.14. The van der Waals surface area contributed by atoms with E-state index in [4.69, 9.17) is 4.98 Å². The SMILES string of the molecule is c1cncc(CN2CCC[C@@H]2c2ncn3cc(-c4cccnc4)ccc23)c1. The zero-order chi connectivity index (χ0) is 18.1. The van der Waals surface area contributed by atoms with Crippen molar-refractivity contribution in [1.29, 1.82) is 0 Å². The van der Waals surface area contributed by atoms with Crippen LogP contribution in [-0.4, -0.2) is 30.8 Å². The van der Waals surface area contributed by atoms with Gasteiger partial charge in [-0.25, -0.2) is 4.98 Å². The summed E-state index contributed by atoms with van der Waals surface area (Å²) < 4.78 is 2.14. The molecule has 134 valence electrons. The van der Waals surface area contributed by atoms with Crippen molar-refractivity contribution in [2.24, 2.45) is 0 Å². The highest BCUT2D eigenvalue weighted by Crippen LogP contribution is 2.35. The molecular formula is C22H21N5. The molecule has 0 saturated carbocycles. The van der Waals surface area contributed by atoms with Gasteiger partial charge in [-0.3, -0.25) is 14.9 Å². The minimum absolute atomic E-state index is 0.361. The Balaban J connectivity index is 1.46. The molecule has 4 aromatic heterocycles. The molecule has 0 spiro atoms. The molecule has 0 aromatic carbocycles. The van der Waals surface area contributed by atoms with Gasteiger partial charge in [0, 0.05) is 43.1 Å². The van der Waals surface area contributed by atoms with E-state index in [1.165, 1.54) is 23.2 Å². The first-order valence-electron chi connectivity index (χ1n) is 9.38. The van der Waals surface area contributed by atoms with Crippen molar-refractivity contribution in [3.8, 4) is 11.1 Å². The van der Waals surface area contributed by atoms with Gasteiger partial charge in [-0.15, -0.1) is 0 Å². The summed E-state index contributed by atoms with van der Waals surface area (Å²) in [5.74, 6) is 0. The van der Waals surface area contributed by atoms with Crippen LogP contribution in [0.15, 0.2) is 73.7 Å². The maximum atomic E-state index is 4.79. The molecule has 0 N–H and O–H groups in total. The molecule has 1 saturated heterocycles. The van der Waals surface area contributed by atoms with Crippen molar-refractivity contribution in [2.75, 3.05) is 6.54 Å². The Morgan fingerprint density at radius 2 is 1.85 bits per heavy atom. The molecule has 0 amide bonds. The van der Waals surface area contributed by atoms with Crippen molar-refractivity contribution >= 4 is 5.52 Å². The number of imidazole rings is 1. The summed E-state index contributed by atoms with van der Waals surface area (Å²) in [4.78, 5) is 15.8. The van der Waals surface area contributed by atoms with Gasteiger partial charge in [-0.2, -0.15) is 0 Å². The first kappa shape index (κ1) is 16.1. The number of likely N-dealkylation sites (tertiary alicyclic amines) is 1. The molecule has 1 aliphatic rings. The van der Waals surface area contributed by atoms with Crippen molar-refractivity contribution in [1.82, 2.24) is 24.3 Å². The van der Waals surface area contributed by atoms with Crippen LogP contribution in [0.4, 0.5) is 0 Å². The van der Waals surface area contributed by atoms with Crippen LogP contribution in [0, 0.1) is 0 Å². The van der Waals surface area contributed by atoms with Crippen LogP contribution < -0.4 is 0 Å². The molecule has 27 heavy (non-hydrogen) atoms. The van der Waals surface area contributed by atoms with E-state index in [9.17, 15) is 0 Å². The summed E-state index contributed by atoms with van der Waals surface area (Å²) in [5.41, 5.74) is 5.89. The van der Waals surface area contributed by atoms with E-state index < -0.39 is 0 Å². The molecular weight excluding hydrogens is 334 g/mol. The van der Waals surface area contributed by atoms with Crippen LogP contribution in [0.25, 0.3) is 16.6 Å². The summed E-state index contributed by atoms with van der Waals surface area (Å²) in [6.45, 7) is 2.03. The van der Waals surface area contributed by atoms with E-state index in [-0.39, 0.29) is 0 Å². The van der Waals surface area contributed by atoms with E-state index in [1.54, 1.807) is 6.20 Å². The van der Waals surface area contributed by atoms with Gasteiger partial charge in [0.1, 0.15) is 0 Å². The lowest BCUT2D eigenvalue weighted by Gasteiger charge is -2.23. The molecule has 5 heteroatoms. The second kappa shape index (κ2) is 6.93. The largest absolute Gasteiger partial charge is 0.305 e. The normalized spacial score (nSPS) is 17.6. The predicted octanol–water partition coefficient (Wildman–Crippen LogP) is 4.13. The van der Waals surface area contributed by atoms with Gasteiger partial charge in [0.25, 0.3) is 0 Å². The smallest absolute Gasteiger partial charge is 0.0996 e. The van der Waals surface area contributed by atoms with Gasteiger partial charge >= 0.3 is 0 Å². The highest BCUT2D eigenvalue weighted by Gasteiger charge is 2.29. The second-order valence-corrected chi connectivity index (χ2v) is 7.07. The molecule has 1 aliphatic heterocycles. The number of nitrogens with zero attached hydrogens (tertiary/aromatic N) is 5. The van der Waals surface area contributed by atoms with E-state index in [2.05, 4.69) is 49.7 Å². The van der Waals surface area contributed by atoms with Gasteiger partial charge in [-0.05, 0) is 48.7 Å².